The number of carbonyl (C=O) groups is 2. The molecule has 0 spiro atoms. The molecule has 7 nitrogen and oxygen atoms in total. The zero-order chi connectivity index (χ0) is 20.3. The Balaban J connectivity index is 1.59. The summed E-state index contributed by atoms with van der Waals surface area (Å²) in [4.78, 5) is 29.2. The highest BCUT2D eigenvalue weighted by Gasteiger charge is 2.29. The summed E-state index contributed by atoms with van der Waals surface area (Å²) in [6.45, 7) is 7.79. The lowest BCUT2D eigenvalue weighted by molar-refractivity contribution is -0.124. The van der Waals surface area contributed by atoms with Crippen molar-refractivity contribution < 1.29 is 18.8 Å². The molecule has 0 aromatic carbocycles. The fraction of sp³-hybridized carbons (Fsp3) is 0.619. The van der Waals surface area contributed by atoms with E-state index in [0.717, 1.165) is 37.8 Å². The number of aromatic nitrogens is 2. The Labute approximate surface area is 165 Å². The summed E-state index contributed by atoms with van der Waals surface area (Å²) in [5.74, 6) is 0.169. The highest BCUT2D eigenvalue weighted by molar-refractivity contribution is 6.03. The van der Waals surface area contributed by atoms with Crippen LogP contribution in [0.15, 0.2) is 10.6 Å². The van der Waals surface area contributed by atoms with Crippen LogP contribution in [0.25, 0.3) is 11.1 Å². The molecule has 3 rings (SSSR count). The van der Waals surface area contributed by atoms with Gasteiger partial charge in [0.05, 0.1) is 16.6 Å². The zero-order valence-corrected chi connectivity index (χ0v) is 17.1. The van der Waals surface area contributed by atoms with Crippen LogP contribution in [0.4, 0.5) is 0 Å². The van der Waals surface area contributed by atoms with E-state index < -0.39 is 5.97 Å². The van der Waals surface area contributed by atoms with Gasteiger partial charge in [0.25, 0.3) is 11.6 Å². The Bertz CT molecular complexity index is 855. The molecule has 1 saturated carbocycles. The van der Waals surface area contributed by atoms with Crippen molar-refractivity contribution >= 4 is 23.0 Å². The Kier molecular flexibility index (Phi) is 6.31. The third-order valence-corrected chi connectivity index (χ3v) is 5.01. The van der Waals surface area contributed by atoms with Gasteiger partial charge in [0.15, 0.2) is 6.61 Å². The number of fused-ring (bicyclic) bond motifs is 1. The van der Waals surface area contributed by atoms with E-state index in [-0.39, 0.29) is 18.6 Å². The minimum absolute atomic E-state index is 0.0550. The normalized spacial score (nSPS) is 15.0. The van der Waals surface area contributed by atoms with Gasteiger partial charge in [-0.3, -0.25) is 4.79 Å². The predicted molar refractivity (Wildman–Crippen MR) is 105 cm³/mol. The number of nitrogens with zero attached hydrogens (tertiary/aromatic N) is 2. The van der Waals surface area contributed by atoms with Crippen LogP contribution in [0.2, 0.25) is 0 Å². The Morgan fingerprint density at radius 2 is 2.04 bits per heavy atom. The predicted octanol–water partition coefficient (Wildman–Crippen LogP) is 3.90. The van der Waals surface area contributed by atoms with Crippen molar-refractivity contribution in [3.63, 3.8) is 0 Å². The molecule has 1 unspecified atom stereocenters. The van der Waals surface area contributed by atoms with Crippen LogP contribution in [0.3, 0.4) is 0 Å². The molecule has 1 fully saturated rings. The number of pyridine rings is 1. The quantitative estimate of drug-likeness (QED) is 0.656. The number of aryl methyl sites for hydroxylation is 1. The van der Waals surface area contributed by atoms with Crippen molar-refractivity contribution in [3.8, 4) is 0 Å². The minimum atomic E-state index is -0.553. The van der Waals surface area contributed by atoms with Crippen molar-refractivity contribution in [1.29, 1.82) is 0 Å². The summed E-state index contributed by atoms with van der Waals surface area (Å²) in [7, 11) is 0. The van der Waals surface area contributed by atoms with Crippen molar-refractivity contribution in [2.75, 3.05) is 6.61 Å². The molecule has 2 aromatic rings. The van der Waals surface area contributed by atoms with Gasteiger partial charge in [-0.15, -0.1) is 0 Å². The summed E-state index contributed by atoms with van der Waals surface area (Å²) >= 11 is 0. The van der Waals surface area contributed by atoms with Gasteiger partial charge in [-0.2, -0.15) is 0 Å². The maximum atomic E-state index is 12.6. The number of rotatable bonds is 9. The van der Waals surface area contributed by atoms with Crippen molar-refractivity contribution in [2.24, 2.45) is 5.92 Å². The first-order chi connectivity index (χ1) is 13.3. The first kappa shape index (κ1) is 20.3. The van der Waals surface area contributed by atoms with Gasteiger partial charge in [-0.1, -0.05) is 31.8 Å². The minimum Gasteiger partial charge on any atom is -0.452 e. The van der Waals surface area contributed by atoms with E-state index in [1.54, 1.807) is 13.0 Å². The number of hydrogen-bond acceptors (Lipinski definition) is 6. The number of amides is 1. The summed E-state index contributed by atoms with van der Waals surface area (Å²) in [5.41, 5.74) is 2.11. The number of nitrogens with one attached hydrogen (secondary N) is 1. The van der Waals surface area contributed by atoms with Crippen LogP contribution in [0.5, 0.6) is 0 Å². The average Bonchev–Trinajstić information content (AvgIpc) is 3.42. The van der Waals surface area contributed by atoms with Gasteiger partial charge in [0, 0.05) is 17.7 Å². The number of hydrogen-bond donors (Lipinski definition) is 1. The molecular formula is C21H29N3O4. The fourth-order valence-electron chi connectivity index (χ4n) is 3.29. The molecular weight excluding hydrogens is 358 g/mol. The summed E-state index contributed by atoms with van der Waals surface area (Å²) in [6.07, 6.45) is 5.21. The number of esters is 1. The Morgan fingerprint density at radius 3 is 2.71 bits per heavy atom. The maximum Gasteiger partial charge on any atom is 0.339 e. The van der Waals surface area contributed by atoms with E-state index in [4.69, 9.17) is 9.26 Å². The zero-order valence-electron chi connectivity index (χ0n) is 17.1. The van der Waals surface area contributed by atoms with E-state index in [1.807, 2.05) is 6.92 Å². The molecule has 0 radical (unpaired) electrons. The van der Waals surface area contributed by atoms with Crippen LogP contribution >= 0.6 is 0 Å². The van der Waals surface area contributed by atoms with Gasteiger partial charge < -0.3 is 14.6 Å². The molecule has 0 bridgehead atoms. The topological polar surface area (TPSA) is 94.3 Å². The molecule has 2 aromatic heterocycles. The van der Waals surface area contributed by atoms with E-state index in [0.29, 0.717) is 34.2 Å². The Hall–Kier alpha value is -2.44. The highest BCUT2D eigenvalue weighted by atomic mass is 16.5. The van der Waals surface area contributed by atoms with Gasteiger partial charge in [0.1, 0.15) is 0 Å². The van der Waals surface area contributed by atoms with Gasteiger partial charge in [-0.25, -0.2) is 9.78 Å². The number of ether oxygens (including phenoxy) is 1. The van der Waals surface area contributed by atoms with E-state index >= 15 is 0 Å². The molecule has 1 aliphatic carbocycles. The standard InChI is InChI=1S/C21H29N3O4/c1-12(2)6-5-7-13(3)22-18(25)11-27-21(26)16-10-17(15-8-9-15)23-20-19(16)14(4)24-28-20/h10,12-13,15H,5-9,11H2,1-4H3,(H,22,25). The molecule has 152 valence electrons. The third-order valence-electron chi connectivity index (χ3n) is 5.01. The van der Waals surface area contributed by atoms with Crippen LogP contribution in [0, 0.1) is 12.8 Å². The van der Waals surface area contributed by atoms with Crippen molar-refractivity contribution in [3.05, 3.63) is 23.0 Å². The van der Waals surface area contributed by atoms with E-state index in [9.17, 15) is 9.59 Å². The molecule has 1 N–H and O–H groups in total. The Morgan fingerprint density at radius 1 is 1.29 bits per heavy atom. The van der Waals surface area contributed by atoms with Crippen molar-refractivity contribution in [2.45, 2.75) is 71.8 Å². The lowest BCUT2D eigenvalue weighted by Crippen LogP contribution is -2.35. The van der Waals surface area contributed by atoms with Gasteiger partial charge in [-0.05, 0) is 45.1 Å². The molecule has 1 amide bonds. The molecule has 1 aliphatic rings. The second-order valence-corrected chi connectivity index (χ2v) is 8.19. The maximum absolute atomic E-state index is 12.6. The van der Waals surface area contributed by atoms with Crippen LogP contribution in [-0.2, 0) is 9.53 Å². The average molecular weight is 387 g/mol. The lowest BCUT2D eigenvalue weighted by atomic mass is 10.0. The third kappa shape index (κ3) is 5.09. The van der Waals surface area contributed by atoms with E-state index in [1.165, 1.54) is 0 Å². The molecule has 2 heterocycles. The van der Waals surface area contributed by atoms with Crippen LogP contribution in [-0.4, -0.2) is 34.7 Å². The fourth-order valence-corrected chi connectivity index (χ4v) is 3.29. The second-order valence-electron chi connectivity index (χ2n) is 8.19. The second kappa shape index (κ2) is 8.71. The van der Waals surface area contributed by atoms with Crippen LogP contribution in [0.1, 0.15) is 80.5 Å². The molecule has 7 heteroatoms. The SMILES string of the molecule is Cc1noc2nc(C3CC3)cc(C(=O)OCC(=O)NC(C)CCCC(C)C)c12. The molecule has 0 aliphatic heterocycles. The monoisotopic (exact) mass is 387 g/mol. The van der Waals surface area contributed by atoms with Crippen molar-refractivity contribution in [1.82, 2.24) is 15.5 Å². The highest BCUT2D eigenvalue weighted by Crippen LogP contribution is 2.40. The van der Waals surface area contributed by atoms with E-state index in [2.05, 4.69) is 29.3 Å². The molecule has 0 saturated heterocycles. The summed E-state index contributed by atoms with van der Waals surface area (Å²) in [6, 6.07) is 1.80. The molecule has 28 heavy (non-hydrogen) atoms. The largest absolute Gasteiger partial charge is 0.452 e. The van der Waals surface area contributed by atoms with Gasteiger partial charge >= 0.3 is 5.97 Å². The first-order valence-electron chi connectivity index (χ1n) is 10.1. The smallest absolute Gasteiger partial charge is 0.339 e. The lowest BCUT2D eigenvalue weighted by Gasteiger charge is -2.14. The summed E-state index contributed by atoms with van der Waals surface area (Å²) in [5, 5.41) is 7.35. The molecule has 1 atom stereocenters. The number of carbonyl (C=O) groups excluding carboxylic acids is 2. The van der Waals surface area contributed by atoms with Crippen LogP contribution < -0.4 is 5.32 Å². The summed E-state index contributed by atoms with van der Waals surface area (Å²) < 4.78 is 10.5. The van der Waals surface area contributed by atoms with Gasteiger partial charge in [0.2, 0.25) is 0 Å². The first-order valence-corrected chi connectivity index (χ1v) is 10.1.